The van der Waals surface area contributed by atoms with Gasteiger partial charge in [-0.3, -0.25) is 14.6 Å². The third-order valence-electron chi connectivity index (χ3n) is 5.47. The summed E-state index contributed by atoms with van der Waals surface area (Å²) in [6.07, 6.45) is 1.74. The number of nitrogen functional groups attached to an aromatic ring is 1. The van der Waals surface area contributed by atoms with E-state index in [9.17, 15) is 14.4 Å². The Kier molecular flexibility index (Phi) is 5.03. The van der Waals surface area contributed by atoms with Gasteiger partial charge in [-0.1, -0.05) is 54.6 Å². The van der Waals surface area contributed by atoms with Crippen molar-refractivity contribution in [2.75, 3.05) is 12.3 Å². The van der Waals surface area contributed by atoms with Gasteiger partial charge >= 0.3 is 5.69 Å². The second-order valence-electron chi connectivity index (χ2n) is 7.37. The maximum atomic E-state index is 12.5. The fourth-order valence-corrected chi connectivity index (χ4v) is 4.07. The van der Waals surface area contributed by atoms with E-state index in [1.165, 1.54) is 16.7 Å². The van der Waals surface area contributed by atoms with Crippen LogP contribution in [0.4, 0.5) is 5.69 Å². The number of amides is 1. The number of nitrogens with one attached hydrogen (secondary N) is 3. The molecule has 1 aliphatic rings. The summed E-state index contributed by atoms with van der Waals surface area (Å²) in [6.45, 7) is 0.421. The van der Waals surface area contributed by atoms with Crippen LogP contribution in [0.1, 0.15) is 39.5 Å². The first-order valence-electron chi connectivity index (χ1n) is 9.56. The summed E-state index contributed by atoms with van der Waals surface area (Å²) < 4.78 is 0. The van der Waals surface area contributed by atoms with Crippen LogP contribution in [0, 0.1) is 5.92 Å². The van der Waals surface area contributed by atoms with Crippen LogP contribution in [0.5, 0.6) is 0 Å². The third kappa shape index (κ3) is 3.85. The van der Waals surface area contributed by atoms with Crippen molar-refractivity contribution >= 4 is 11.6 Å². The highest BCUT2D eigenvalue weighted by molar-refractivity contribution is 5.96. The molecule has 7 nitrogen and oxygen atoms in total. The predicted molar refractivity (Wildman–Crippen MR) is 111 cm³/mol. The molecule has 5 N–H and O–H groups in total. The number of H-pyrrole nitrogens is 2. The third-order valence-corrected chi connectivity index (χ3v) is 5.47. The molecule has 1 heterocycles. The minimum Gasteiger partial charge on any atom is -0.392 e. The van der Waals surface area contributed by atoms with E-state index in [0.717, 1.165) is 12.8 Å². The zero-order valence-electron chi connectivity index (χ0n) is 15.8. The summed E-state index contributed by atoms with van der Waals surface area (Å²) in [4.78, 5) is 39.9. The molecule has 0 aliphatic heterocycles. The maximum Gasteiger partial charge on any atom is 0.326 e. The number of hydrogen-bond donors (Lipinski definition) is 4. The number of fused-ring (bicyclic) bond motifs is 1. The van der Waals surface area contributed by atoms with Crippen molar-refractivity contribution in [1.29, 1.82) is 0 Å². The van der Waals surface area contributed by atoms with Crippen molar-refractivity contribution in [2.45, 2.75) is 18.8 Å². The van der Waals surface area contributed by atoms with E-state index in [2.05, 4.69) is 40.6 Å². The number of rotatable bonds is 4. The summed E-state index contributed by atoms with van der Waals surface area (Å²) in [5.74, 6) is -0.0812. The second-order valence-corrected chi connectivity index (χ2v) is 7.37. The SMILES string of the molecule is Nc1c(C(=O)NCC2Cc3ccccc3C(c3ccccc3)C2)[nH]c(=O)[nH]c1=O. The molecule has 4 rings (SSSR count). The lowest BCUT2D eigenvalue weighted by Crippen LogP contribution is -2.37. The van der Waals surface area contributed by atoms with E-state index < -0.39 is 17.2 Å². The van der Waals surface area contributed by atoms with E-state index in [4.69, 9.17) is 5.73 Å². The van der Waals surface area contributed by atoms with Crippen LogP contribution in [-0.4, -0.2) is 22.4 Å². The maximum absolute atomic E-state index is 12.5. The van der Waals surface area contributed by atoms with Crippen molar-refractivity contribution in [1.82, 2.24) is 15.3 Å². The van der Waals surface area contributed by atoms with Gasteiger partial charge in [0.05, 0.1) is 0 Å². The molecule has 0 spiro atoms. The normalized spacial score (nSPS) is 18.1. The zero-order chi connectivity index (χ0) is 20.4. The molecule has 3 aromatic rings. The number of anilines is 1. The average molecular weight is 390 g/mol. The number of benzene rings is 2. The van der Waals surface area contributed by atoms with Gasteiger partial charge in [-0.2, -0.15) is 0 Å². The number of carbonyl (C=O) groups is 1. The van der Waals surface area contributed by atoms with Gasteiger partial charge < -0.3 is 16.0 Å². The largest absolute Gasteiger partial charge is 0.392 e. The summed E-state index contributed by atoms with van der Waals surface area (Å²) in [5.41, 5.74) is 7.47. The number of hydrogen-bond acceptors (Lipinski definition) is 4. The zero-order valence-corrected chi connectivity index (χ0v) is 15.8. The van der Waals surface area contributed by atoms with Crippen molar-refractivity contribution in [3.63, 3.8) is 0 Å². The van der Waals surface area contributed by atoms with Crippen molar-refractivity contribution in [3.8, 4) is 0 Å². The quantitative estimate of drug-likeness (QED) is 0.542. The first-order valence-corrected chi connectivity index (χ1v) is 9.56. The van der Waals surface area contributed by atoms with E-state index in [1.807, 2.05) is 29.2 Å². The Morgan fingerprint density at radius 3 is 2.55 bits per heavy atom. The van der Waals surface area contributed by atoms with Crippen LogP contribution in [0.3, 0.4) is 0 Å². The molecule has 1 aliphatic carbocycles. The standard InChI is InChI=1S/C22H22N4O3/c23-18-19(25-22(29)26-20(18)27)21(28)24-12-13-10-15-8-4-5-9-16(15)17(11-13)14-6-2-1-3-7-14/h1-9,13,17H,10-12,23H2,(H,24,28)(H2,25,26,27,29). The summed E-state index contributed by atoms with van der Waals surface area (Å²) in [6, 6.07) is 18.7. The fraction of sp³-hybridized carbons (Fsp3) is 0.227. The summed E-state index contributed by atoms with van der Waals surface area (Å²) >= 11 is 0. The molecule has 2 atom stereocenters. The summed E-state index contributed by atoms with van der Waals surface area (Å²) in [7, 11) is 0. The van der Waals surface area contributed by atoms with Crippen LogP contribution in [0.25, 0.3) is 0 Å². The molecule has 2 unspecified atom stereocenters. The second kappa shape index (κ2) is 7.79. The van der Waals surface area contributed by atoms with Crippen LogP contribution in [-0.2, 0) is 6.42 Å². The lowest BCUT2D eigenvalue weighted by molar-refractivity contribution is 0.0940. The van der Waals surface area contributed by atoms with E-state index >= 15 is 0 Å². The molecule has 29 heavy (non-hydrogen) atoms. The molecule has 7 heteroatoms. The molecular weight excluding hydrogens is 368 g/mol. The monoisotopic (exact) mass is 390 g/mol. The molecule has 0 radical (unpaired) electrons. The van der Waals surface area contributed by atoms with Crippen LogP contribution >= 0.6 is 0 Å². The van der Waals surface area contributed by atoms with Crippen molar-refractivity contribution in [3.05, 3.63) is 97.8 Å². The molecule has 0 saturated carbocycles. The summed E-state index contributed by atoms with van der Waals surface area (Å²) in [5, 5.41) is 2.82. The van der Waals surface area contributed by atoms with E-state index in [0.29, 0.717) is 6.54 Å². The van der Waals surface area contributed by atoms with Gasteiger partial charge in [0, 0.05) is 12.5 Å². The number of aromatic nitrogens is 2. The Bertz CT molecular complexity index is 1150. The molecule has 2 aromatic carbocycles. The van der Waals surface area contributed by atoms with Crippen molar-refractivity contribution in [2.24, 2.45) is 5.92 Å². The fourth-order valence-electron chi connectivity index (χ4n) is 4.07. The number of aromatic amines is 2. The van der Waals surface area contributed by atoms with Crippen molar-refractivity contribution < 1.29 is 4.79 Å². The molecule has 1 aromatic heterocycles. The Labute approximate surface area is 167 Å². The van der Waals surface area contributed by atoms with Gasteiger partial charge in [0.1, 0.15) is 11.4 Å². The Morgan fingerprint density at radius 1 is 1.03 bits per heavy atom. The topological polar surface area (TPSA) is 121 Å². The minimum atomic E-state index is -0.769. The average Bonchev–Trinajstić information content (AvgIpc) is 2.74. The molecule has 1 amide bonds. The van der Waals surface area contributed by atoms with Gasteiger partial charge in [-0.05, 0) is 35.4 Å². The lowest BCUT2D eigenvalue weighted by atomic mass is 9.74. The predicted octanol–water partition coefficient (Wildman–Crippen LogP) is 1.77. The molecule has 0 bridgehead atoms. The van der Waals surface area contributed by atoms with Crippen LogP contribution in [0.15, 0.2) is 64.2 Å². The molecule has 0 fully saturated rings. The molecular formula is C22H22N4O3. The van der Waals surface area contributed by atoms with Gasteiger partial charge in [0.25, 0.3) is 11.5 Å². The Balaban J connectivity index is 1.54. The Morgan fingerprint density at radius 2 is 1.76 bits per heavy atom. The number of carbonyl (C=O) groups excluding carboxylic acids is 1. The van der Waals surface area contributed by atoms with Gasteiger partial charge in [-0.15, -0.1) is 0 Å². The highest BCUT2D eigenvalue weighted by Crippen LogP contribution is 2.38. The lowest BCUT2D eigenvalue weighted by Gasteiger charge is -2.32. The first-order chi connectivity index (χ1) is 14.0. The number of nitrogens with two attached hydrogens (primary N) is 1. The highest BCUT2D eigenvalue weighted by atomic mass is 16.2. The molecule has 148 valence electrons. The van der Waals surface area contributed by atoms with Gasteiger partial charge in [0.2, 0.25) is 0 Å². The minimum absolute atomic E-state index is 0.199. The smallest absolute Gasteiger partial charge is 0.326 e. The van der Waals surface area contributed by atoms with Gasteiger partial charge in [0.15, 0.2) is 0 Å². The first kappa shape index (κ1) is 18.7. The van der Waals surface area contributed by atoms with Crippen LogP contribution in [0.2, 0.25) is 0 Å². The Hall–Kier alpha value is -3.61. The van der Waals surface area contributed by atoms with E-state index in [-0.39, 0.29) is 23.2 Å². The molecule has 0 saturated heterocycles. The van der Waals surface area contributed by atoms with Gasteiger partial charge in [-0.25, -0.2) is 4.79 Å². The highest BCUT2D eigenvalue weighted by Gasteiger charge is 2.28. The van der Waals surface area contributed by atoms with E-state index in [1.54, 1.807) is 0 Å². The van der Waals surface area contributed by atoms with Crippen LogP contribution < -0.4 is 22.3 Å².